The maximum absolute atomic E-state index is 11.3. The van der Waals surface area contributed by atoms with Gasteiger partial charge in [0.2, 0.25) is 0 Å². The second kappa shape index (κ2) is 5.09. The molecule has 0 aliphatic rings. The summed E-state index contributed by atoms with van der Waals surface area (Å²) >= 11 is 0. The van der Waals surface area contributed by atoms with E-state index in [-0.39, 0.29) is 11.2 Å². The van der Waals surface area contributed by atoms with Crippen LogP contribution in [0, 0.1) is 0 Å². The average molecular weight is 210 g/mol. The number of nitrogens with one attached hydrogen (secondary N) is 1. The van der Waals surface area contributed by atoms with E-state index < -0.39 is 0 Å². The normalized spacial score (nSPS) is 11.7. The van der Waals surface area contributed by atoms with E-state index in [1.807, 2.05) is 26.8 Å². The highest BCUT2D eigenvalue weighted by Crippen LogP contribution is 2.02. The molecule has 0 fully saturated rings. The van der Waals surface area contributed by atoms with E-state index in [4.69, 9.17) is 4.84 Å². The van der Waals surface area contributed by atoms with E-state index >= 15 is 0 Å². The monoisotopic (exact) mass is 210 g/mol. The molecule has 1 aromatic rings. The van der Waals surface area contributed by atoms with Gasteiger partial charge < -0.3 is 4.57 Å². The van der Waals surface area contributed by atoms with Crippen molar-refractivity contribution in [2.75, 3.05) is 6.54 Å². The van der Waals surface area contributed by atoms with Crippen molar-refractivity contribution in [3.8, 4) is 0 Å². The molecule has 1 aromatic heterocycles. The lowest BCUT2D eigenvalue weighted by atomic mass is 10.2. The van der Waals surface area contributed by atoms with Crippen LogP contribution in [-0.2, 0) is 11.4 Å². The smallest absolute Gasteiger partial charge is 0.250 e. The van der Waals surface area contributed by atoms with Crippen molar-refractivity contribution in [2.45, 2.75) is 32.9 Å². The first kappa shape index (κ1) is 11.9. The van der Waals surface area contributed by atoms with Gasteiger partial charge in [-0.3, -0.25) is 9.63 Å². The van der Waals surface area contributed by atoms with Crippen molar-refractivity contribution in [3.05, 3.63) is 34.7 Å². The third-order valence-corrected chi connectivity index (χ3v) is 1.73. The molecular weight excluding hydrogens is 192 g/mol. The summed E-state index contributed by atoms with van der Waals surface area (Å²) in [7, 11) is 0. The maximum atomic E-state index is 11.3. The van der Waals surface area contributed by atoms with Crippen LogP contribution in [0.2, 0.25) is 0 Å². The molecule has 0 aliphatic heterocycles. The van der Waals surface area contributed by atoms with Crippen LogP contribution >= 0.6 is 0 Å². The van der Waals surface area contributed by atoms with E-state index in [1.165, 1.54) is 0 Å². The van der Waals surface area contributed by atoms with Crippen molar-refractivity contribution in [1.29, 1.82) is 0 Å². The Morgan fingerprint density at radius 3 is 2.73 bits per heavy atom. The Balaban J connectivity index is 2.33. The lowest BCUT2D eigenvalue weighted by Crippen LogP contribution is -2.32. The third-order valence-electron chi connectivity index (χ3n) is 1.73. The molecule has 0 aliphatic carbocycles. The predicted octanol–water partition coefficient (Wildman–Crippen LogP) is 1.17. The summed E-state index contributed by atoms with van der Waals surface area (Å²) in [5, 5.41) is 0. The Morgan fingerprint density at radius 1 is 1.40 bits per heavy atom. The molecule has 0 unspecified atom stereocenters. The fraction of sp³-hybridized carbons (Fsp3) is 0.545. The summed E-state index contributed by atoms with van der Waals surface area (Å²) in [6.45, 7) is 7.12. The van der Waals surface area contributed by atoms with Gasteiger partial charge in [-0.2, -0.15) is 0 Å². The first-order valence-corrected chi connectivity index (χ1v) is 5.05. The number of nitrogens with zero attached hydrogens (tertiary/aromatic N) is 1. The zero-order chi connectivity index (χ0) is 11.3. The minimum absolute atomic E-state index is 0.00931. The highest BCUT2D eigenvalue weighted by molar-refractivity contribution is 4.93. The predicted molar refractivity (Wildman–Crippen MR) is 59.5 cm³/mol. The number of rotatable bonds is 4. The Kier molecular flexibility index (Phi) is 4.05. The van der Waals surface area contributed by atoms with Crippen LogP contribution in [0.5, 0.6) is 0 Å². The first-order valence-electron chi connectivity index (χ1n) is 5.05. The Labute approximate surface area is 89.8 Å². The van der Waals surface area contributed by atoms with Crippen LogP contribution in [0.3, 0.4) is 0 Å². The van der Waals surface area contributed by atoms with Crippen molar-refractivity contribution < 1.29 is 4.84 Å². The SMILES string of the molecule is CC(C)(C)ONCCn1ccccc1=O. The van der Waals surface area contributed by atoms with Crippen molar-refractivity contribution in [2.24, 2.45) is 0 Å². The molecule has 0 saturated heterocycles. The van der Waals surface area contributed by atoms with Crippen molar-refractivity contribution >= 4 is 0 Å². The molecule has 1 N–H and O–H groups in total. The van der Waals surface area contributed by atoms with Gasteiger partial charge in [0.15, 0.2) is 0 Å². The molecule has 1 rings (SSSR count). The minimum Gasteiger partial charge on any atom is -0.314 e. The van der Waals surface area contributed by atoms with Crippen LogP contribution in [-0.4, -0.2) is 16.7 Å². The van der Waals surface area contributed by atoms with E-state index in [0.717, 1.165) is 0 Å². The molecule has 4 nitrogen and oxygen atoms in total. The fourth-order valence-electron chi connectivity index (χ4n) is 1.08. The lowest BCUT2D eigenvalue weighted by Gasteiger charge is -2.19. The van der Waals surface area contributed by atoms with Crippen LogP contribution in [0.15, 0.2) is 29.2 Å². The maximum Gasteiger partial charge on any atom is 0.250 e. The molecule has 1 heterocycles. The van der Waals surface area contributed by atoms with Gasteiger partial charge in [0, 0.05) is 25.4 Å². The van der Waals surface area contributed by atoms with E-state index in [2.05, 4.69) is 5.48 Å². The standard InChI is InChI=1S/C11H18N2O2/c1-11(2,3)15-12-7-9-13-8-5-4-6-10(13)14/h4-6,8,12H,7,9H2,1-3H3. The van der Waals surface area contributed by atoms with Crippen LogP contribution in [0.4, 0.5) is 0 Å². The number of pyridine rings is 1. The molecule has 0 saturated carbocycles. The third kappa shape index (κ3) is 4.76. The molecule has 0 spiro atoms. The highest BCUT2D eigenvalue weighted by atomic mass is 16.7. The summed E-state index contributed by atoms with van der Waals surface area (Å²) in [5.74, 6) is 0. The molecule has 0 amide bonds. The lowest BCUT2D eigenvalue weighted by molar-refractivity contribution is -0.0732. The van der Waals surface area contributed by atoms with Gasteiger partial charge in [0.1, 0.15) is 0 Å². The summed E-state index contributed by atoms with van der Waals surface area (Å²) < 4.78 is 1.64. The second-order valence-electron chi connectivity index (χ2n) is 4.34. The molecule has 0 bridgehead atoms. The van der Waals surface area contributed by atoms with Gasteiger partial charge in [0.25, 0.3) is 5.56 Å². The van der Waals surface area contributed by atoms with E-state index in [9.17, 15) is 4.79 Å². The van der Waals surface area contributed by atoms with Crippen LogP contribution in [0.25, 0.3) is 0 Å². The van der Waals surface area contributed by atoms with Gasteiger partial charge in [-0.1, -0.05) is 6.07 Å². The largest absolute Gasteiger partial charge is 0.314 e. The van der Waals surface area contributed by atoms with E-state index in [0.29, 0.717) is 13.1 Å². The highest BCUT2D eigenvalue weighted by Gasteiger charge is 2.09. The Morgan fingerprint density at radius 2 is 2.13 bits per heavy atom. The second-order valence-corrected chi connectivity index (χ2v) is 4.34. The zero-order valence-corrected chi connectivity index (χ0v) is 9.49. The van der Waals surface area contributed by atoms with Gasteiger partial charge >= 0.3 is 0 Å². The Bertz CT molecular complexity index is 352. The minimum atomic E-state index is -0.207. The first-order chi connectivity index (χ1) is 6.99. The number of hydroxylamine groups is 1. The van der Waals surface area contributed by atoms with Crippen molar-refractivity contribution in [1.82, 2.24) is 10.0 Å². The summed E-state index contributed by atoms with van der Waals surface area (Å²) in [4.78, 5) is 16.6. The Hall–Kier alpha value is -1.13. The molecule has 0 radical (unpaired) electrons. The van der Waals surface area contributed by atoms with Gasteiger partial charge in [-0.15, -0.1) is 0 Å². The topological polar surface area (TPSA) is 43.3 Å². The average Bonchev–Trinajstić information content (AvgIpc) is 2.13. The molecule has 4 heteroatoms. The number of hydrogen-bond donors (Lipinski definition) is 1. The van der Waals surface area contributed by atoms with Gasteiger partial charge in [-0.25, -0.2) is 5.48 Å². The zero-order valence-electron chi connectivity index (χ0n) is 9.49. The van der Waals surface area contributed by atoms with E-state index in [1.54, 1.807) is 22.9 Å². The molecule has 0 aromatic carbocycles. The molecule has 84 valence electrons. The molecular formula is C11H18N2O2. The summed E-state index contributed by atoms with van der Waals surface area (Å²) in [6, 6.07) is 5.12. The molecule has 15 heavy (non-hydrogen) atoms. The summed E-state index contributed by atoms with van der Waals surface area (Å²) in [6.07, 6.45) is 1.76. The number of hydrogen-bond acceptors (Lipinski definition) is 3. The van der Waals surface area contributed by atoms with Crippen LogP contribution < -0.4 is 11.0 Å². The quantitative estimate of drug-likeness (QED) is 0.599. The van der Waals surface area contributed by atoms with Crippen molar-refractivity contribution in [3.63, 3.8) is 0 Å². The summed E-state index contributed by atoms with van der Waals surface area (Å²) in [5.41, 5.74) is 2.64. The molecule has 0 atom stereocenters. The van der Waals surface area contributed by atoms with Crippen LogP contribution in [0.1, 0.15) is 20.8 Å². The fourth-order valence-corrected chi connectivity index (χ4v) is 1.08. The number of aromatic nitrogens is 1. The van der Waals surface area contributed by atoms with Gasteiger partial charge in [0.05, 0.1) is 5.60 Å². The van der Waals surface area contributed by atoms with Gasteiger partial charge in [-0.05, 0) is 26.8 Å².